The lowest BCUT2D eigenvalue weighted by atomic mass is 10.1. The van der Waals surface area contributed by atoms with E-state index in [4.69, 9.17) is 0 Å². The molecule has 0 aliphatic heterocycles. The van der Waals surface area contributed by atoms with E-state index in [1.807, 2.05) is 24.9 Å². The molecule has 0 aliphatic carbocycles. The molecular weight excluding hydrogens is 341 g/mol. The number of rotatable bonds is 5. The van der Waals surface area contributed by atoms with Gasteiger partial charge in [0.2, 0.25) is 5.91 Å². The molecule has 1 atom stereocenters. The number of carbonyl (C=O) groups is 1. The second-order valence-corrected chi connectivity index (χ2v) is 6.90. The highest BCUT2D eigenvalue weighted by atomic mass is 32.1. The number of thiazole rings is 1. The third kappa shape index (κ3) is 4.12. The molecule has 0 aliphatic rings. The maximum atomic E-state index is 13.2. The summed E-state index contributed by atoms with van der Waals surface area (Å²) in [6, 6.07) is 11.3. The van der Waals surface area contributed by atoms with Crippen molar-refractivity contribution in [2.75, 3.05) is 18.9 Å². The molecule has 0 unspecified atom stereocenters. The fraction of sp³-hybridized carbons (Fsp3) is 0.222. The summed E-state index contributed by atoms with van der Waals surface area (Å²) in [5, 5.41) is 12.8. The number of amides is 1. The van der Waals surface area contributed by atoms with Crippen LogP contribution in [-0.2, 0) is 4.79 Å². The number of phenols is 1. The summed E-state index contributed by atoms with van der Waals surface area (Å²) in [6.45, 7) is 2.13. The molecule has 7 heteroatoms. The van der Waals surface area contributed by atoms with Crippen LogP contribution in [-0.4, -0.2) is 34.5 Å². The number of fused-ring (bicyclic) bond motifs is 1. The SMILES string of the molecule is C[C@H](c1cccc(O)c1)N(C)CC(=O)Nc1nc2ccc(F)cc2s1. The molecule has 130 valence electrons. The Labute approximate surface area is 148 Å². The molecule has 25 heavy (non-hydrogen) atoms. The van der Waals surface area contributed by atoms with Crippen molar-refractivity contribution in [1.29, 1.82) is 0 Å². The monoisotopic (exact) mass is 359 g/mol. The summed E-state index contributed by atoms with van der Waals surface area (Å²) < 4.78 is 13.9. The Morgan fingerprint density at radius 3 is 2.92 bits per heavy atom. The van der Waals surface area contributed by atoms with Crippen LogP contribution in [0.25, 0.3) is 10.2 Å². The molecule has 2 aromatic carbocycles. The Balaban J connectivity index is 1.64. The van der Waals surface area contributed by atoms with Gasteiger partial charge in [-0.3, -0.25) is 9.69 Å². The van der Waals surface area contributed by atoms with Crippen LogP contribution < -0.4 is 5.32 Å². The zero-order chi connectivity index (χ0) is 18.0. The molecular formula is C18H18FN3O2S. The zero-order valence-electron chi connectivity index (χ0n) is 13.9. The molecule has 2 N–H and O–H groups in total. The Morgan fingerprint density at radius 2 is 2.16 bits per heavy atom. The number of likely N-dealkylation sites (N-methyl/N-ethyl adjacent to an activating group) is 1. The van der Waals surface area contributed by atoms with Gasteiger partial charge in [0.15, 0.2) is 5.13 Å². The van der Waals surface area contributed by atoms with Crippen LogP contribution in [0.4, 0.5) is 9.52 Å². The zero-order valence-corrected chi connectivity index (χ0v) is 14.7. The molecule has 1 heterocycles. The van der Waals surface area contributed by atoms with Crippen molar-refractivity contribution >= 4 is 32.6 Å². The highest BCUT2D eigenvalue weighted by Crippen LogP contribution is 2.27. The Hall–Kier alpha value is -2.51. The van der Waals surface area contributed by atoms with Crippen molar-refractivity contribution in [3.05, 3.63) is 53.8 Å². The van der Waals surface area contributed by atoms with E-state index in [1.165, 1.54) is 23.5 Å². The Kier molecular flexibility index (Phi) is 4.96. The first-order valence-corrected chi connectivity index (χ1v) is 8.59. The summed E-state index contributed by atoms with van der Waals surface area (Å²) >= 11 is 1.24. The van der Waals surface area contributed by atoms with Gasteiger partial charge >= 0.3 is 0 Å². The third-order valence-electron chi connectivity index (χ3n) is 4.00. The minimum Gasteiger partial charge on any atom is -0.508 e. The van der Waals surface area contributed by atoms with Gasteiger partial charge in [-0.1, -0.05) is 23.5 Å². The fourth-order valence-corrected chi connectivity index (χ4v) is 3.42. The average Bonchev–Trinajstić information content (AvgIpc) is 2.95. The number of halogens is 1. The minimum absolute atomic E-state index is 0.0395. The van der Waals surface area contributed by atoms with Gasteiger partial charge in [0.1, 0.15) is 11.6 Å². The van der Waals surface area contributed by atoms with E-state index in [1.54, 1.807) is 24.3 Å². The van der Waals surface area contributed by atoms with Crippen LogP contribution >= 0.6 is 11.3 Å². The highest BCUT2D eigenvalue weighted by molar-refractivity contribution is 7.22. The van der Waals surface area contributed by atoms with Gasteiger partial charge in [-0.05, 0) is 49.9 Å². The average molecular weight is 359 g/mol. The molecule has 0 saturated heterocycles. The summed E-state index contributed by atoms with van der Waals surface area (Å²) in [4.78, 5) is 18.4. The van der Waals surface area contributed by atoms with Crippen molar-refractivity contribution in [2.24, 2.45) is 0 Å². The van der Waals surface area contributed by atoms with Crippen LogP contribution in [0.5, 0.6) is 5.75 Å². The van der Waals surface area contributed by atoms with Gasteiger partial charge in [-0.15, -0.1) is 0 Å². The second kappa shape index (κ2) is 7.16. The van der Waals surface area contributed by atoms with E-state index in [-0.39, 0.29) is 30.1 Å². The van der Waals surface area contributed by atoms with E-state index in [0.29, 0.717) is 15.3 Å². The lowest BCUT2D eigenvalue weighted by Gasteiger charge is -2.24. The van der Waals surface area contributed by atoms with Gasteiger partial charge in [-0.25, -0.2) is 9.37 Å². The van der Waals surface area contributed by atoms with Crippen molar-refractivity contribution in [3.63, 3.8) is 0 Å². The van der Waals surface area contributed by atoms with E-state index in [2.05, 4.69) is 10.3 Å². The normalized spacial score (nSPS) is 12.5. The number of nitrogens with one attached hydrogen (secondary N) is 1. The lowest BCUT2D eigenvalue weighted by molar-refractivity contribution is -0.117. The fourth-order valence-electron chi connectivity index (χ4n) is 2.51. The lowest BCUT2D eigenvalue weighted by Crippen LogP contribution is -2.32. The molecule has 1 aromatic heterocycles. The van der Waals surface area contributed by atoms with Crippen molar-refractivity contribution in [3.8, 4) is 5.75 Å². The van der Waals surface area contributed by atoms with Gasteiger partial charge in [0.05, 0.1) is 16.8 Å². The number of benzene rings is 2. The van der Waals surface area contributed by atoms with Crippen LogP contribution in [0.3, 0.4) is 0 Å². The molecule has 0 fully saturated rings. The topological polar surface area (TPSA) is 65.5 Å². The van der Waals surface area contributed by atoms with Crippen LogP contribution in [0, 0.1) is 5.82 Å². The van der Waals surface area contributed by atoms with Gasteiger partial charge in [0.25, 0.3) is 0 Å². The maximum absolute atomic E-state index is 13.2. The third-order valence-corrected chi connectivity index (χ3v) is 4.94. The molecule has 0 saturated carbocycles. The molecule has 5 nitrogen and oxygen atoms in total. The number of hydrogen-bond acceptors (Lipinski definition) is 5. The second-order valence-electron chi connectivity index (χ2n) is 5.87. The number of carbonyl (C=O) groups excluding carboxylic acids is 1. The van der Waals surface area contributed by atoms with Crippen LogP contribution in [0.2, 0.25) is 0 Å². The van der Waals surface area contributed by atoms with E-state index < -0.39 is 0 Å². The largest absolute Gasteiger partial charge is 0.508 e. The Morgan fingerprint density at radius 1 is 1.36 bits per heavy atom. The predicted molar refractivity (Wildman–Crippen MR) is 97.4 cm³/mol. The molecule has 1 amide bonds. The number of nitrogens with zero attached hydrogens (tertiary/aromatic N) is 2. The van der Waals surface area contributed by atoms with Gasteiger partial charge < -0.3 is 10.4 Å². The van der Waals surface area contributed by atoms with E-state index in [9.17, 15) is 14.3 Å². The molecule has 3 rings (SSSR count). The standard InChI is InChI=1S/C18H18FN3O2S/c1-11(12-4-3-5-14(23)8-12)22(2)10-17(24)21-18-20-15-7-6-13(19)9-16(15)25-18/h3-9,11,23H,10H2,1-2H3,(H,20,21,24)/t11-/m1/s1. The first-order chi connectivity index (χ1) is 11.9. The van der Waals surface area contributed by atoms with Gasteiger partial charge in [0, 0.05) is 6.04 Å². The summed E-state index contributed by atoms with van der Waals surface area (Å²) in [7, 11) is 1.84. The highest BCUT2D eigenvalue weighted by Gasteiger charge is 2.16. The van der Waals surface area contributed by atoms with E-state index >= 15 is 0 Å². The predicted octanol–water partition coefficient (Wildman–Crippen LogP) is 3.77. The number of phenolic OH excluding ortho intramolecular Hbond substituents is 1. The molecule has 0 spiro atoms. The number of aromatic nitrogens is 1. The number of anilines is 1. The van der Waals surface area contributed by atoms with Crippen LogP contribution in [0.1, 0.15) is 18.5 Å². The number of aromatic hydroxyl groups is 1. The van der Waals surface area contributed by atoms with E-state index in [0.717, 1.165) is 5.56 Å². The first-order valence-electron chi connectivity index (χ1n) is 7.77. The van der Waals surface area contributed by atoms with Crippen molar-refractivity contribution < 1.29 is 14.3 Å². The summed E-state index contributed by atoms with van der Waals surface area (Å²) in [5.41, 5.74) is 1.58. The van der Waals surface area contributed by atoms with Crippen molar-refractivity contribution in [1.82, 2.24) is 9.88 Å². The smallest absolute Gasteiger partial charge is 0.240 e. The summed E-state index contributed by atoms with van der Waals surface area (Å²) in [5.74, 6) is -0.327. The van der Waals surface area contributed by atoms with Crippen LogP contribution in [0.15, 0.2) is 42.5 Å². The number of hydrogen-bond donors (Lipinski definition) is 2. The first kappa shape index (κ1) is 17.3. The minimum atomic E-state index is -0.325. The van der Waals surface area contributed by atoms with Gasteiger partial charge in [-0.2, -0.15) is 0 Å². The summed E-state index contributed by atoms with van der Waals surface area (Å²) in [6.07, 6.45) is 0. The Bertz CT molecular complexity index is 912. The maximum Gasteiger partial charge on any atom is 0.240 e. The molecule has 3 aromatic rings. The molecule has 0 bridgehead atoms. The molecule has 0 radical (unpaired) electrons. The van der Waals surface area contributed by atoms with Crippen molar-refractivity contribution in [2.45, 2.75) is 13.0 Å². The quantitative estimate of drug-likeness (QED) is 0.728.